The van der Waals surface area contributed by atoms with Gasteiger partial charge in [0.15, 0.2) is 0 Å². The number of rotatable bonds is 4. The van der Waals surface area contributed by atoms with Gasteiger partial charge in [0.1, 0.15) is 5.82 Å². The number of benzene rings is 2. The highest BCUT2D eigenvalue weighted by atomic mass is 32.2. The van der Waals surface area contributed by atoms with Crippen molar-refractivity contribution < 1.29 is 8.60 Å². The smallest absolute Gasteiger partial charge is 0.139 e. The molecule has 2 rings (SSSR count). The summed E-state index contributed by atoms with van der Waals surface area (Å²) in [6.45, 7) is 0.393. The molecule has 0 heterocycles. The average Bonchev–Trinajstić information content (AvgIpc) is 2.39. The van der Waals surface area contributed by atoms with E-state index in [2.05, 4.69) is 0 Å². The zero-order valence-corrected chi connectivity index (χ0v) is 10.6. The molecule has 0 aliphatic carbocycles. The average molecular weight is 263 g/mol. The summed E-state index contributed by atoms with van der Waals surface area (Å²) in [5.74, 6) is -0.144. The molecule has 18 heavy (non-hydrogen) atoms. The fourth-order valence-corrected chi connectivity index (χ4v) is 2.98. The Kier molecular flexibility index (Phi) is 4.23. The van der Waals surface area contributed by atoms with Gasteiger partial charge in [0.2, 0.25) is 0 Å². The van der Waals surface area contributed by atoms with Crippen LogP contribution in [0.5, 0.6) is 0 Å². The van der Waals surface area contributed by atoms with Crippen LogP contribution in [-0.2, 0) is 23.1 Å². The summed E-state index contributed by atoms with van der Waals surface area (Å²) >= 11 is 0. The molecule has 2 aromatic carbocycles. The Labute approximate surface area is 108 Å². The van der Waals surface area contributed by atoms with Crippen LogP contribution in [0, 0.1) is 5.82 Å². The first-order chi connectivity index (χ1) is 8.72. The summed E-state index contributed by atoms with van der Waals surface area (Å²) in [7, 11) is -1.39. The van der Waals surface area contributed by atoms with Crippen LogP contribution in [0.2, 0.25) is 0 Å². The van der Waals surface area contributed by atoms with Crippen LogP contribution in [-0.4, -0.2) is 4.21 Å². The third-order valence-electron chi connectivity index (χ3n) is 2.71. The van der Waals surface area contributed by atoms with Crippen molar-refractivity contribution in [1.82, 2.24) is 0 Å². The van der Waals surface area contributed by atoms with E-state index in [9.17, 15) is 8.60 Å². The molecule has 2 nitrogen and oxygen atoms in total. The minimum atomic E-state index is -1.39. The van der Waals surface area contributed by atoms with Gasteiger partial charge in [-0.3, -0.25) is 4.21 Å². The first-order valence-corrected chi connectivity index (χ1v) is 6.94. The topological polar surface area (TPSA) is 43.1 Å². The molecule has 0 radical (unpaired) electrons. The van der Waals surface area contributed by atoms with Gasteiger partial charge >= 0.3 is 0 Å². The van der Waals surface area contributed by atoms with E-state index >= 15 is 0 Å². The molecule has 0 saturated heterocycles. The van der Waals surface area contributed by atoms with Gasteiger partial charge < -0.3 is 5.73 Å². The summed E-state index contributed by atoms with van der Waals surface area (Å²) in [5.41, 5.74) is 7.47. The Morgan fingerprint density at radius 2 is 1.61 bits per heavy atom. The molecule has 0 amide bonds. The van der Waals surface area contributed by atoms with Gasteiger partial charge in [-0.2, -0.15) is 0 Å². The number of halogens is 1. The lowest BCUT2D eigenvalue weighted by atomic mass is 10.1. The van der Waals surface area contributed by atoms with Crippen molar-refractivity contribution >= 4 is 10.8 Å². The first-order valence-electron chi connectivity index (χ1n) is 5.62. The summed E-state index contributed by atoms with van der Waals surface area (Å²) in [4.78, 5) is 0.240. The monoisotopic (exact) mass is 263 g/mol. The lowest BCUT2D eigenvalue weighted by Gasteiger charge is -2.08. The van der Waals surface area contributed by atoms with Crippen LogP contribution in [0.25, 0.3) is 0 Å². The first kappa shape index (κ1) is 12.9. The summed E-state index contributed by atoms with van der Waals surface area (Å²) in [6.07, 6.45) is 0. The van der Waals surface area contributed by atoms with E-state index in [1.54, 1.807) is 18.2 Å². The van der Waals surface area contributed by atoms with Crippen molar-refractivity contribution in [2.45, 2.75) is 17.2 Å². The Morgan fingerprint density at radius 3 is 2.28 bits per heavy atom. The Hall–Kier alpha value is -1.52. The third-order valence-corrected chi connectivity index (χ3v) is 4.10. The van der Waals surface area contributed by atoms with Crippen molar-refractivity contribution in [1.29, 1.82) is 0 Å². The molecule has 0 spiro atoms. The Balaban J connectivity index is 2.24. The molecule has 1 atom stereocenters. The maximum absolute atomic E-state index is 13.5. The van der Waals surface area contributed by atoms with Gasteiger partial charge in [0.25, 0.3) is 0 Å². The van der Waals surface area contributed by atoms with Crippen LogP contribution in [0.4, 0.5) is 4.39 Å². The molecule has 0 aliphatic heterocycles. The summed E-state index contributed by atoms with van der Waals surface area (Å²) in [5, 5.41) is 0. The van der Waals surface area contributed by atoms with E-state index in [0.717, 1.165) is 11.1 Å². The van der Waals surface area contributed by atoms with Crippen LogP contribution in [0.15, 0.2) is 53.4 Å². The molecule has 0 aliphatic rings. The van der Waals surface area contributed by atoms with Crippen LogP contribution in [0.1, 0.15) is 11.1 Å². The lowest BCUT2D eigenvalue weighted by molar-refractivity contribution is 0.595. The van der Waals surface area contributed by atoms with Crippen molar-refractivity contribution in [2.75, 3.05) is 0 Å². The van der Waals surface area contributed by atoms with Gasteiger partial charge in [-0.25, -0.2) is 4.39 Å². The van der Waals surface area contributed by atoms with E-state index in [1.165, 1.54) is 6.07 Å². The molecule has 1 unspecified atom stereocenters. The van der Waals surface area contributed by atoms with Crippen LogP contribution < -0.4 is 5.73 Å². The predicted octanol–water partition coefficient (Wildman–Crippen LogP) is 2.59. The molecule has 2 N–H and O–H groups in total. The van der Waals surface area contributed by atoms with Crippen molar-refractivity contribution in [3.8, 4) is 0 Å². The molecular formula is C14H14FNOS. The minimum Gasteiger partial charge on any atom is -0.326 e. The van der Waals surface area contributed by atoms with Crippen molar-refractivity contribution in [3.63, 3.8) is 0 Å². The molecule has 2 aromatic rings. The van der Waals surface area contributed by atoms with Gasteiger partial charge in [-0.05, 0) is 23.3 Å². The fourth-order valence-electron chi connectivity index (χ4n) is 1.75. The quantitative estimate of drug-likeness (QED) is 0.921. The molecule has 0 aromatic heterocycles. The van der Waals surface area contributed by atoms with Crippen molar-refractivity contribution in [3.05, 3.63) is 65.5 Å². The normalized spacial score (nSPS) is 12.3. The molecule has 0 fully saturated rings. The highest BCUT2D eigenvalue weighted by Gasteiger charge is 2.11. The fraction of sp³-hybridized carbons (Fsp3) is 0.143. The van der Waals surface area contributed by atoms with Crippen molar-refractivity contribution in [2.24, 2.45) is 5.73 Å². The molecule has 4 heteroatoms. The maximum Gasteiger partial charge on any atom is 0.139 e. The number of hydrogen-bond donors (Lipinski definition) is 1. The van der Waals surface area contributed by atoms with E-state index in [1.807, 2.05) is 24.3 Å². The zero-order valence-electron chi connectivity index (χ0n) is 9.80. The standard InChI is InChI=1S/C14H14FNOS/c15-13-7-3-4-8-14(13)18(17)10-12-6-2-1-5-11(12)9-16/h1-8H,9-10,16H2. The zero-order chi connectivity index (χ0) is 13.0. The van der Waals surface area contributed by atoms with Crippen LogP contribution >= 0.6 is 0 Å². The van der Waals surface area contributed by atoms with Gasteiger partial charge in [0, 0.05) is 6.54 Å². The number of nitrogens with two attached hydrogens (primary N) is 1. The second-order valence-electron chi connectivity index (χ2n) is 3.89. The Morgan fingerprint density at radius 1 is 1.00 bits per heavy atom. The third kappa shape index (κ3) is 2.83. The largest absolute Gasteiger partial charge is 0.326 e. The van der Waals surface area contributed by atoms with E-state index in [4.69, 9.17) is 5.73 Å². The minimum absolute atomic E-state index is 0.240. The lowest BCUT2D eigenvalue weighted by Crippen LogP contribution is -2.05. The molecule has 94 valence electrons. The Bertz CT molecular complexity index is 571. The highest BCUT2D eigenvalue weighted by molar-refractivity contribution is 7.84. The maximum atomic E-state index is 13.5. The summed E-state index contributed by atoms with van der Waals surface area (Å²) < 4.78 is 25.6. The molecule has 0 bridgehead atoms. The predicted molar refractivity (Wildman–Crippen MR) is 70.8 cm³/mol. The van der Waals surface area contributed by atoms with E-state index in [0.29, 0.717) is 6.54 Å². The van der Waals surface area contributed by atoms with Crippen LogP contribution in [0.3, 0.4) is 0 Å². The van der Waals surface area contributed by atoms with Gasteiger partial charge in [0.05, 0.1) is 21.4 Å². The highest BCUT2D eigenvalue weighted by Crippen LogP contribution is 2.17. The van der Waals surface area contributed by atoms with Gasteiger partial charge in [-0.1, -0.05) is 36.4 Å². The van der Waals surface area contributed by atoms with E-state index in [-0.39, 0.29) is 10.6 Å². The van der Waals surface area contributed by atoms with E-state index < -0.39 is 16.6 Å². The second-order valence-corrected chi connectivity index (χ2v) is 5.31. The summed E-state index contributed by atoms with van der Waals surface area (Å²) in [6, 6.07) is 13.7. The second kappa shape index (κ2) is 5.89. The SMILES string of the molecule is NCc1ccccc1CS(=O)c1ccccc1F. The molecule has 0 saturated carbocycles. The van der Waals surface area contributed by atoms with Gasteiger partial charge in [-0.15, -0.1) is 0 Å². The number of hydrogen-bond acceptors (Lipinski definition) is 2. The molecular weight excluding hydrogens is 249 g/mol.